The van der Waals surface area contributed by atoms with Gasteiger partial charge in [0.25, 0.3) is 10.1 Å². The van der Waals surface area contributed by atoms with Gasteiger partial charge in [-0.15, -0.1) is 5.73 Å². The molecule has 0 saturated carbocycles. The van der Waals surface area contributed by atoms with Crippen LogP contribution in [-0.2, 0) is 14.3 Å². The third kappa shape index (κ3) is 4.43. The summed E-state index contributed by atoms with van der Waals surface area (Å²) in [5, 5.41) is 0. The molecule has 0 radical (unpaired) electrons. The van der Waals surface area contributed by atoms with E-state index >= 15 is 0 Å². The Morgan fingerprint density at radius 3 is 2.36 bits per heavy atom. The number of benzene rings is 2. The van der Waals surface area contributed by atoms with Crippen molar-refractivity contribution in [3.8, 4) is 0 Å². The summed E-state index contributed by atoms with van der Waals surface area (Å²) in [6, 6.07) is 16.3. The Morgan fingerprint density at radius 2 is 1.73 bits per heavy atom. The monoisotopic (exact) mass is 314 g/mol. The van der Waals surface area contributed by atoms with Gasteiger partial charge in [-0.1, -0.05) is 48.0 Å². The normalized spacial score (nSPS) is 10.8. The van der Waals surface area contributed by atoms with Gasteiger partial charge in [0.15, 0.2) is 0 Å². The van der Waals surface area contributed by atoms with Crippen LogP contribution in [0.1, 0.15) is 18.1 Å². The highest BCUT2D eigenvalue weighted by Gasteiger charge is 2.13. The van der Waals surface area contributed by atoms with Crippen LogP contribution < -0.4 is 0 Å². The molecule has 0 aliphatic heterocycles. The summed E-state index contributed by atoms with van der Waals surface area (Å²) < 4.78 is 28.9. The molecule has 0 aliphatic rings. The first-order valence-electron chi connectivity index (χ1n) is 6.92. The summed E-state index contributed by atoms with van der Waals surface area (Å²) in [6.07, 6.45) is 1.58. The molecule has 2 rings (SSSR count). The van der Waals surface area contributed by atoms with E-state index < -0.39 is 10.1 Å². The number of rotatable bonds is 5. The molecule has 0 atom stereocenters. The lowest BCUT2D eigenvalue weighted by atomic mass is 10.1. The Labute approximate surface area is 131 Å². The van der Waals surface area contributed by atoms with E-state index in [2.05, 4.69) is 5.73 Å². The van der Waals surface area contributed by atoms with Crippen molar-refractivity contribution in [2.45, 2.75) is 18.7 Å². The van der Waals surface area contributed by atoms with Crippen LogP contribution in [0.3, 0.4) is 0 Å². The van der Waals surface area contributed by atoms with Gasteiger partial charge in [0.05, 0.1) is 11.5 Å². The zero-order valence-corrected chi connectivity index (χ0v) is 13.4. The molecular formula is C18H18O3S. The lowest BCUT2D eigenvalue weighted by molar-refractivity contribution is 0.357. The SMILES string of the molecule is CC(=C=CCOS(=O)(=O)c1ccc(C)cc1)c1ccccc1. The van der Waals surface area contributed by atoms with Gasteiger partial charge in [-0.2, -0.15) is 8.42 Å². The van der Waals surface area contributed by atoms with Gasteiger partial charge in [0.2, 0.25) is 0 Å². The van der Waals surface area contributed by atoms with E-state index in [1.807, 2.05) is 44.2 Å². The molecule has 4 heteroatoms. The van der Waals surface area contributed by atoms with Gasteiger partial charge in [0, 0.05) is 0 Å². The molecule has 114 valence electrons. The molecule has 0 aliphatic carbocycles. The van der Waals surface area contributed by atoms with Gasteiger partial charge in [0.1, 0.15) is 0 Å². The Kier molecular flexibility index (Phi) is 5.34. The molecule has 0 bridgehead atoms. The molecule has 2 aromatic rings. The fraction of sp³-hybridized carbons (Fsp3) is 0.167. The number of hydrogen-bond acceptors (Lipinski definition) is 3. The molecule has 0 heterocycles. The summed E-state index contributed by atoms with van der Waals surface area (Å²) in [7, 11) is -3.72. The Bertz CT molecular complexity index is 782. The second-order valence-electron chi connectivity index (χ2n) is 4.89. The summed E-state index contributed by atoms with van der Waals surface area (Å²) >= 11 is 0. The Morgan fingerprint density at radius 1 is 1.09 bits per heavy atom. The highest BCUT2D eigenvalue weighted by Crippen LogP contribution is 2.14. The van der Waals surface area contributed by atoms with Crippen molar-refractivity contribution in [1.29, 1.82) is 0 Å². The zero-order chi connectivity index (χ0) is 16.0. The summed E-state index contributed by atoms with van der Waals surface area (Å²) in [5.41, 5.74) is 6.00. The van der Waals surface area contributed by atoms with Crippen LogP contribution >= 0.6 is 0 Å². The molecule has 0 aromatic heterocycles. The fourth-order valence-electron chi connectivity index (χ4n) is 1.86. The van der Waals surface area contributed by atoms with E-state index in [0.29, 0.717) is 0 Å². The average Bonchev–Trinajstić information content (AvgIpc) is 2.52. The van der Waals surface area contributed by atoms with Crippen LogP contribution in [0.15, 0.2) is 71.3 Å². The first kappa shape index (κ1) is 16.2. The minimum absolute atomic E-state index is 0.0413. The van der Waals surface area contributed by atoms with Crippen LogP contribution in [-0.4, -0.2) is 15.0 Å². The van der Waals surface area contributed by atoms with Crippen LogP contribution in [0.4, 0.5) is 0 Å². The van der Waals surface area contributed by atoms with Gasteiger partial charge in [-0.05, 0) is 43.2 Å². The van der Waals surface area contributed by atoms with E-state index in [1.165, 1.54) is 0 Å². The minimum Gasteiger partial charge on any atom is -0.262 e. The summed E-state index contributed by atoms with van der Waals surface area (Å²) in [6.45, 7) is 3.78. The van der Waals surface area contributed by atoms with E-state index in [4.69, 9.17) is 4.18 Å². The highest BCUT2D eigenvalue weighted by atomic mass is 32.2. The molecule has 22 heavy (non-hydrogen) atoms. The molecule has 0 fully saturated rings. The summed E-state index contributed by atoms with van der Waals surface area (Å²) in [5.74, 6) is 0. The van der Waals surface area contributed by atoms with Crippen molar-refractivity contribution in [3.05, 3.63) is 77.5 Å². The molecule has 0 unspecified atom stereocenters. The molecule has 0 N–H and O–H groups in total. The van der Waals surface area contributed by atoms with Gasteiger partial charge < -0.3 is 0 Å². The highest BCUT2D eigenvalue weighted by molar-refractivity contribution is 7.86. The number of hydrogen-bond donors (Lipinski definition) is 0. The first-order valence-corrected chi connectivity index (χ1v) is 8.33. The third-order valence-corrected chi connectivity index (χ3v) is 4.44. The minimum atomic E-state index is -3.72. The molecular weight excluding hydrogens is 296 g/mol. The van der Waals surface area contributed by atoms with Crippen LogP contribution in [0.2, 0.25) is 0 Å². The average molecular weight is 314 g/mol. The maximum absolute atomic E-state index is 12.0. The second-order valence-corrected chi connectivity index (χ2v) is 6.51. The lowest BCUT2D eigenvalue weighted by Crippen LogP contribution is -2.06. The van der Waals surface area contributed by atoms with Crippen molar-refractivity contribution in [3.63, 3.8) is 0 Å². The molecule has 0 spiro atoms. The van der Waals surface area contributed by atoms with Crippen molar-refractivity contribution in [1.82, 2.24) is 0 Å². The quantitative estimate of drug-likeness (QED) is 0.620. The fourth-order valence-corrected chi connectivity index (χ4v) is 2.72. The third-order valence-electron chi connectivity index (χ3n) is 3.14. The standard InChI is InChI=1S/C18H18O3S/c1-15-10-12-18(13-11-15)22(19,20)21-14-6-7-16(2)17-8-4-3-5-9-17/h3-6,8-13H,14H2,1-2H3. The molecule has 2 aromatic carbocycles. The van der Waals surface area contributed by atoms with Crippen molar-refractivity contribution in [2.24, 2.45) is 0 Å². The van der Waals surface area contributed by atoms with E-state index in [1.54, 1.807) is 30.3 Å². The topological polar surface area (TPSA) is 43.4 Å². The van der Waals surface area contributed by atoms with E-state index in [9.17, 15) is 8.42 Å². The van der Waals surface area contributed by atoms with E-state index in [0.717, 1.165) is 16.7 Å². The van der Waals surface area contributed by atoms with Crippen LogP contribution in [0.25, 0.3) is 5.57 Å². The van der Waals surface area contributed by atoms with Gasteiger partial charge in [-0.3, -0.25) is 4.18 Å². The van der Waals surface area contributed by atoms with Gasteiger partial charge in [-0.25, -0.2) is 0 Å². The second kappa shape index (κ2) is 7.23. The smallest absolute Gasteiger partial charge is 0.262 e. The first-order chi connectivity index (χ1) is 10.5. The predicted molar refractivity (Wildman–Crippen MR) is 87.9 cm³/mol. The number of aryl methyl sites for hydroxylation is 1. The molecule has 0 amide bonds. The van der Waals surface area contributed by atoms with Crippen LogP contribution in [0, 0.1) is 6.92 Å². The van der Waals surface area contributed by atoms with Crippen molar-refractivity contribution >= 4 is 15.7 Å². The summed E-state index contributed by atoms with van der Waals surface area (Å²) in [4.78, 5) is 0.162. The van der Waals surface area contributed by atoms with Crippen LogP contribution in [0.5, 0.6) is 0 Å². The Hall–Kier alpha value is -2.13. The maximum atomic E-state index is 12.0. The zero-order valence-electron chi connectivity index (χ0n) is 12.6. The Balaban J connectivity index is 2.04. The largest absolute Gasteiger partial charge is 0.297 e. The van der Waals surface area contributed by atoms with Crippen molar-refractivity contribution in [2.75, 3.05) is 6.61 Å². The molecule has 0 saturated heterocycles. The lowest BCUT2D eigenvalue weighted by Gasteiger charge is -2.03. The van der Waals surface area contributed by atoms with E-state index in [-0.39, 0.29) is 11.5 Å². The predicted octanol–water partition coefficient (Wildman–Crippen LogP) is 3.96. The molecule has 3 nitrogen and oxygen atoms in total. The van der Waals surface area contributed by atoms with Crippen molar-refractivity contribution < 1.29 is 12.6 Å². The van der Waals surface area contributed by atoms with Gasteiger partial charge >= 0.3 is 0 Å². The maximum Gasteiger partial charge on any atom is 0.297 e.